The normalized spacial score (nSPS) is 14.2. The van der Waals surface area contributed by atoms with Gasteiger partial charge >= 0.3 is 6.03 Å². The Labute approximate surface area is 192 Å². The van der Waals surface area contributed by atoms with Gasteiger partial charge in [-0.05, 0) is 48.5 Å². The van der Waals surface area contributed by atoms with Crippen molar-refractivity contribution >= 4 is 29.0 Å². The molecule has 1 aliphatic heterocycles. The lowest BCUT2D eigenvalue weighted by atomic mass is 10.1. The van der Waals surface area contributed by atoms with Crippen LogP contribution in [0.5, 0.6) is 5.75 Å². The molecular formula is C23H27ClN6O2. The third-order valence-electron chi connectivity index (χ3n) is 5.31. The Balaban J connectivity index is 1.46. The van der Waals surface area contributed by atoms with E-state index in [2.05, 4.69) is 25.9 Å². The van der Waals surface area contributed by atoms with Gasteiger partial charge in [-0.15, -0.1) is 0 Å². The van der Waals surface area contributed by atoms with Crippen LogP contribution in [0.15, 0.2) is 54.7 Å². The van der Waals surface area contributed by atoms with E-state index in [1.807, 2.05) is 31.3 Å². The van der Waals surface area contributed by atoms with Crippen LogP contribution in [0.3, 0.4) is 0 Å². The molecule has 3 N–H and O–H groups in total. The first-order valence-corrected chi connectivity index (χ1v) is 11.0. The van der Waals surface area contributed by atoms with Crippen molar-refractivity contribution in [1.29, 1.82) is 0 Å². The number of aryl methyl sites for hydroxylation is 1. The summed E-state index contributed by atoms with van der Waals surface area (Å²) in [6, 6.07) is 14.2. The van der Waals surface area contributed by atoms with Gasteiger partial charge in [-0.25, -0.2) is 4.79 Å². The molecule has 4 rings (SSSR count). The largest absolute Gasteiger partial charge is 0.492 e. The summed E-state index contributed by atoms with van der Waals surface area (Å²) in [6.07, 6.45) is 1.74. The Hall–Kier alpha value is -3.07. The molecule has 168 valence electrons. The van der Waals surface area contributed by atoms with Crippen LogP contribution < -0.4 is 20.7 Å². The number of halogens is 1. The van der Waals surface area contributed by atoms with Gasteiger partial charge in [0.15, 0.2) is 0 Å². The molecule has 0 radical (unpaired) electrons. The minimum Gasteiger partial charge on any atom is -0.492 e. The van der Waals surface area contributed by atoms with Crippen LogP contribution in [0, 0.1) is 0 Å². The summed E-state index contributed by atoms with van der Waals surface area (Å²) in [5.41, 5.74) is 3.09. The van der Waals surface area contributed by atoms with E-state index in [1.165, 1.54) is 0 Å². The van der Waals surface area contributed by atoms with Crippen molar-refractivity contribution in [2.75, 3.05) is 50.0 Å². The standard InChI is InChI=1S/C23H27ClN6O2/c1-29-21(8-9-26-29)20-16-19(28-23(31)27-18-4-2-17(24)3-5-18)6-7-22(20)32-15-14-30-12-10-25-11-13-30/h2-9,16,25H,10-15H2,1H3,(H2,27,28,31). The van der Waals surface area contributed by atoms with E-state index < -0.39 is 0 Å². The molecule has 0 unspecified atom stereocenters. The van der Waals surface area contributed by atoms with Gasteiger partial charge in [0.05, 0.1) is 5.69 Å². The van der Waals surface area contributed by atoms with Crippen LogP contribution >= 0.6 is 11.6 Å². The highest BCUT2D eigenvalue weighted by atomic mass is 35.5. The first kappa shape index (κ1) is 22.1. The van der Waals surface area contributed by atoms with Crippen molar-refractivity contribution in [3.8, 4) is 17.0 Å². The molecule has 2 heterocycles. The molecule has 1 aliphatic rings. The fraction of sp³-hybridized carbons (Fsp3) is 0.304. The maximum Gasteiger partial charge on any atom is 0.323 e. The Kier molecular flexibility index (Phi) is 7.26. The molecule has 32 heavy (non-hydrogen) atoms. The monoisotopic (exact) mass is 454 g/mol. The van der Waals surface area contributed by atoms with Crippen LogP contribution in [-0.4, -0.2) is 60.0 Å². The van der Waals surface area contributed by atoms with Crippen molar-refractivity contribution in [1.82, 2.24) is 20.0 Å². The summed E-state index contributed by atoms with van der Waals surface area (Å²) in [7, 11) is 1.88. The Morgan fingerprint density at radius 1 is 1.09 bits per heavy atom. The number of nitrogens with zero attached hydrogens (tertiary/aromatic N) is 3. The average Bonchev–Trinajstić information content (AvgIpc) is 3.22. The van der Waals surface area contributed by atoms with Gasteiger partial charge in [0.1, 0.15) is 12.4 Å². The van der Waals surface area contributed by atoms with E-state index in [1.54, 1.807) is 35.1 Å². The lowest BCUT2D eigenvalue weighted by Gasteiger charge is -2.27. The Morgan fingerprint density at radius 2 is 1.81 bits per heavy atom. The lowest BCUT2D eigenvalue weighted by Crippen LogP contribution is -2.44. The van der Waals surface area contributed by atoms with Crippen LogP contribution in [0.4, 0.5) is 16.2 Å². The highest BCUT2D eigenvalue weighted by Gasteiger charge is 2.14. The molecule has 0 aliphatic carbocycles. The number of nitrogens with one attached hydrogen (secondary N) is 3. The second-order valence-electron chi connectivity index (χ2n) is 7.58. The Morgan fingerprint density at radius 3 is 2.53 bits per heavy atom. The fourth-order valence-electron chi connectivity index (χ4n) is 3.62. The highest BCUT2D eigenvalue weighted by molar-refractivity contribution is 6.30. The van der Waals surface area contributed by atoms with Gasteiger partial charge in [-0.3, -0.25) is 9.58 Å². The quantitative estimate of drug-likeness (QED) is 0.507. The van der Waals surface area contributed by atoms with Crippen molar-refractivity contribution in [2.45, 2.75) is 0 Å². The van der Waals surface area contributed by atoms with E-state index in [-0.39, 0.29) is 6.03 Å². The second-order valence-corrected chi connectivity index (χ2v) is 8.01. The molecule has 2 amide bonds. The molecule has 0 spiro atoms. The number of carbonyl (C=O) groups is 1. The van der Waals surface area contributed by atoms with E-state index in [4.69, 9.17) is 16.3 Å². The summed E-state index contributed by atoms with van der Waals surface area (Å²) in [5.74, 6) is 0.757. The summed E-state index contributed by atoms with van der Waals surface area (Å²) < 4.78 is 7.93. The molecule has 0 bridgehead atoms. The third-order valence-corrected chi connectivity index (χ3v) is 5.56. The minimum atomic E-state index is -0.337. The van der Waals surface area contributed by atoms with Crippen molar-refractivity contribution < 1.29 is 9.53 Å². The summed E-state index contributed by atoms with van der Waals surface area (Å²) >= 11 is 5.90. The molecule has 1 fully saturated rings. The van der Waals surface area contributed by atoms with Crippen LogP contribution in [-0.2, 0) is 7.05 Å². The van der Waals surface area contributed by atoms with Crippen LogP contribution in [0.2, 0.25) is 5.02 Å². The van der Waals surface area contributed by atoms with Gasteiger partial charge in [0.25, 0.3) is 0 Å². The maximum atomic E-state index is 12.4. The average molecular weight is 455 g/mol. The van der Waals surface area contributed by atoms with Crippen LogP contribution in [0.1, 0.15) is 0 Å². The molecule has 1 saturated heterocycles. The zero-order valence-electron chi connectivity index (χ0n) is 18.0. The zero-order valence-corrected chi connectivity index (χ0v) is 18.7. The minimum absolute atomic E-state index is 0.337. The van der Waals surface area contributed by atoms with Crippen molar-refractivity contribution in [2.24, 2.45) is 7.05 Å². The lowest BCUT2D eigenvalue weighted by molar-refractivity contribution is 0.191. The number of carbonyl (C=O) groups excluding carboxylic acids is 1. The first-order valence-electron chi connectivity index (χ1n) is 10.6. The molecule has 9 heteroatoms. The number of hydrogen-bond donors (Lipinski definition) is 3. The Bertz CT molecular complexity index is 1050. The van der Waals surface area contributed by atoms with Crippen LogP contribution in [0.25, 0.3) is 11.3 Å². The van der Waals surface area contributed by atoms with Gasteiger partial charge in [0.2, 0.25) is 0 Å². The number of ether oxygens (including phenoxy) is 1. The van der Waals surface area contributed by atoms with E-state index in [0.29, 0.717) is 23.0 Å². The summed E-state index contributed by atoms with van der Waals surface area (Å²) in [6.45, 7) is 5.55. The number of benzene rings is 2. The number of aromatic nitrogens is 2. The molecule has 0 atom stereocenters. The number of urea groups is 1. The molecule has 3 aromatic rings. The van der Waals surface area contributed by atoms with E-state index in [9.17, 15) is 4.79 Å². The van der Waals surface area contributed by atoms with Gasteiger partial charge in [-0.1, -0.05) is 11.6 Å². The second kappa shape index (κ2) is 10.5. The fourth-order valence-corrected chi connectivity index (χ4v) is 3.74. The zero-order chi connectivity index (χ0) is 22.3. The SMILES string of the molecule is Cn1nccc1-c1cc(NC(=O)Nc2ccc(Cl)cc2)ccc1OCCN1CCNCC1. The number of rotatable bonds is 7. The molecule has 8 nitrogen and oxygen atoms in total. The third kappa shape index (κ3) is 5.79. The smallest absolute Gasteiger partial charge is 0.323 e. The van der Waals surface area contributed by atoms with Gasteiger partial charge in [0, 0.05) is 67.9 Å². The molecule has 0 saturated carbocycles. The summed E-state index contributed by atoms with van der Waals surface area (Å²) in [4.78, 5) is 14.8. The number of piperazine rings is 1. The molecular weight excluding hydrogens is 428 g/mol. The van der Waals surface area contributed by atoms with E-state index >= 15 is 0 Å². The summed E-state index contributed by atoms with van der Waals surface area (Å²) in [5, 5.41) is 13.9. The van der Waals surface area contributed by atoms with E-state index in [0.717, 1.165) is 49.7 Å². The number of hydrogen-bond acceptors (Lipinski definition) is 5. The predicted molar refractivity (Wildman–Crippen MR) is 128 cm³/mol. The topological polar surface area (TPSA) is 83.5 Å². The molecule has 2 aromatic carbocycles. The van der Waals surface area contributed by atoms with Crippen molar-refractivity contribution in [3.63, 3.8) is 0 Å². The maximum absolute atomic E-state index is 12.4. The number of anilines is 2. The van der Waals surface area contributed by atoms with Crippen molar-refractivity contribution in [3.05, 3.63) is 59.8 Å². The van der Waals surface area contributed by atoms with Gasteiger partial charge in [-0.2, -0.15) is 5.10 Å². The first-order chi connectivity index (χ1) is 15.6. The number of amides is 2. The predicted octanol–water partition coefficient (Wildman–Crippen LogP) is 3.67. The van der Waals surface area contributed by atoms with Gasteiger partial charge < -0.3 is 20.7 Å². The highest BCUT2D eigenvalue weighted by Crippen LogP contribution is 2.32. The molecule has 1 aromatic heterocycles.